The van der Waals surface area contributed by atoms with Gasteiger partial charge in [-0.15, -0.1) is 11.8 Å². The van der Waals surface area contributed by atoms with Crippen LogP contribution in [0.25, 0.3) is 0 Å². The fourth-order valence-electron chi connectivity index (χ4n) is 2.42. The van der Waals surface area contributed by atoms with E-state index in [1.54, 1.807) is 20.8 Å². The molecular weight excluding hydrogens is 350 g/mol. The summed E-state index contributed by atoms with van der Waals surface area (Å²) in [5.74, 6) is -1.86. The summed E-state index contributed by atoms with van der Waals surface area (Å²) in [6, 6.07) is 0. The van der Waals surface area contributed by atoms with E-state index in [4.69, 9.17) is 14.2 Å². The van der Waals surface area contributed by atoms with Gasteiger partial charge in [-0.2, -0.15) is 0 Å². The summed E-state index contributed by atoms with van der Waals surface area (Å²) in [4.78, 5) is 48.5. The number of β-lactam (4-membered cyclic amide) rings is 1. The molecule has 1 fully saturated rings. The van der Waals surface area contributed by atoms with Gasteiger partial charge >= 0.3 is 17.9 Å². The van der Waals surface area contributed by atoms with Crippen LogP contribution in [0.4, 0.5) is 0 Å². The Morgan fingerprint density at radius 2 is 1.84 bits per heavy atom. The highest BCUT2D eigenvalue weighted by atomic mass is 32.2. The van der Waals surface area contributed by atoms with Crippen molar-refractivity contribution < 1.29 is 33.4 Å². The third-order valence-electron chi connectivity index (χ3n) is 3.33. The normalized spacial score (nSPS) is 22.8. The lowest BCUT2D eigenvalue weighted by atomic mass is 10.0. The highest BCUT2D eigenvalue weighted by Gasteiger charge is 2.56. The Labute approximate surface area is 149 Å². The molecule has 2 aliphatic rings. The van der Waals surface area contributed by atoms with E-state index in [1.165, 1.54) is 30.5 Å². The standard InChI is InChI=1S/C16H21NO7S/c1-8(18)22-6-10-7-25-14-12(23-9(2)19)13(20)17(14)11(10)15(21)24-16(3,4)5/h12,14H,6-7H2,1-5H3/t12-,14?/m0/s1. The fourth-order valence-corrected chi connectivity index (χ4v) is 3.71. The molecule has 0 aromatic heterocycles. The Morgan fingerprint density at radius 3 is 2.36 bits per heavy atom. The summed E-state index contributed by atoms with van der Waals surface area (Å²) in [5, 5.41) is -0.486. The van der Waals surface area contributed by atoms with E-state index in [2.05, 4.69) is 0 Å². The molecule has 1 amide bonds. The van der Waals surface area contributed by atoms with Crippen LogP contribution in [0.2, 0.25) is 0 Å². The molecule has 0 aromatic rings. The summed E-state index contributed by atoms with van der Waals surface area (Å²) in [7, 11) is 0. The summed E-state index contributed by atoms with van der Waals surface area (Å²) in [6.07, 6.45) is -0.921. The number of fused-ring (bicyclic) bond motifs is 1. The van der Waals surface area contributed by atoms with Gasteiger partial charge in [0.15, 0.2) is 0 Å². The lowest BCUT2D eigenvalue weighted by molar-refractivity contribution is -0.175. The fraction of sp³-hybridized carbons (Fsp3) is 0.625. The van der Waals surface area contributed by atoms with Crippen molar-refractivity contribution in [2.45, 2.75) is 51.7 Å². The Bertz CT molecular complexity index is 649. The molecule has 1 saturated heterocycles. The number of rotatable bonds is 4. The minimum atomic E-state index is -0.921. The highest BCUT2D eigenvalue weighted by Crippen LogP contribution is 2.42. The van der Waals surface area contributed by atoms with E-state index in [-0.39, 0.29) is 12.3 Å². The van der Waals surface area contributed by atoms with Crippen LogP contribution in [0.1, 0.15) is 34.6 Å². The van der Waals surface area contributed by atoms with Gasteiger partial charge in [0.05, 0.1) is 0 Å². The summed E-state index contributed by atoms with van der Waals surface area (Å²) < 4.78 is 15.4. The summed E-state index contributed by atoms with van der Waals surface area (Å²) in [6.45, 7) is 7.52. The van der Waals surface area contributed by atoms with Gasteiger partial charge in [0.2, 0.25) is 6.10 Å². The smallest absolute Gasteiger partial charge is 0.355 e. The zero-order valence-corrected chi connectivity index (χ0v) is 15.6. The maximum atomic E-state index is 12.6. The van der Waals surface area contributed by atoms with Crippen LogP contribution in [0.15, 0.2) is 11.3 Å². The lowest BCUT2D eigenvalue weighted by Crippen LogP contribution is -2.66. The van der Waals surface area contributed by atoms with Crippen LogP contribution >= 0.6 is 11.8 Å². The second-order valence-corrected chi connectivity index (χ2v) is 7.78. The third kappa shape index (κ3) is 4.33. The second kappa shape index (κ2) is 7.07. The van der Waals surface area contributed by atoms with Gasteiger partial charge in [0.1, 0.15) is 23.3 Å². The van der Waals surface area contributed by atoms with E-state index < -0.39 is 40.9 Å². The molecule has 2 aliphatic heterocycles. The van der Waals surface area contributed by atoms with Crippen LogP contribution in [0, 0.1) is 0 Å². The first-order valence-electron chi connectivity index (χ1n) is 7.72. The van der Waals surface area contributed by atoms with Crippen molar-refractivity contribution in [3.8, 4) is 0 Å². The van der Waals surface area contributed by atoms with E-state index in [0.29, 0.717) is 11.3 Å². The molecule has 0 N–H and O–H groups in total. The minimum absolute atomic E-state index is 0.0633. The Kier molecular flexibility index (Phi) is 5.46. The third-order valence-corrected chi connectivity index (χ3v) is 4.65. The van der Waals surface area contributed by atoms with Crippen molar-refractivity contribution >= 4 is 35.6 Å². The molecule has 9 heteroatoms. The number of carbonyl (C=O) groups is 4. The van der Waals surface area contributed by atoms with Gasteiger partial charge in [-0.1, -0.05) is 0 Å². The van der Waals surface area contributed by atoms with E-state index in [9.17, 15) is 19.2 Å². The average molecular weight is 371 g/mol. The lowest BCUT2D eigenvalue weighted by Gasteiger charge is -2.48. The number of thioether (sulfide) groups is 1. The number of carbonyl (C=O) groups excluding carboxylic acids is 4. The van der Waals surface area contributed by atoms with Crippen LogP contribution in [-0.2, 0) is 33.4 Å². The summed E-state index contributed by atoms with van der Waals surface area (Å²) >= 11 is 1.34. The molecular formula is C16H21NO7S. The largest absolute Gasteiger partial charge is 0.461 e. The molecule has 0 aromatic carbocycles. The van der Waals surface area contributed by atoms with Gasteiger partial charge in [-0.05, 0) is 20.8 Å². The van der Waals surface area contributed by atoms with Gasteiger partial charge < -0.3 is 14.2 Å². The Morgan fingerprint density at radius 1 is 1.20 bits per heavy atom. The predicted octanol–water partition coefficient (Wildman–Crippen LogP) is 0.992. The first-order valence-corrected chi connectivity index (χ1v) is 8.77. The SMILES string of the molecule is CC(=O)OCC1=C(C(=O)OC(C)(C)C)N2C(=O)[C@H](OC(C)=O)C2SC1. The molecule has 0 radical (unpaired) electrons. The molecule has 8 nitrogen and oxygen atoms in total. The summed E-state index contributed by atoms with van der Waals surface area (Å²) in [5.41, 5.74) is -0.200. The van der Waals surface area contributed by atoms with Crippen LogP contribution in [-0.4, -0.2) is 58.2 Å². The van der Waals surface area contributed by atoms with Crippen molar-refractivity contribution in [1.29, 1.82) is 0 Å². The van der Waals surface area contributed by atoms with Crippen molar-refractivity contribution in [3.63, 3.8) is 0 Å². The van der Waals surface area contributed by atoms with Gasteiger partial charge in [0, 0.05) is 25.2 Å². The molecule has 0 bridgehead atoms. The van der Waals surface area contributed by atoms with Crippen LogP contribution < -0.4 is 0 Å². The first kappa shape index (κ1) is 19.3. The molecule has 138 valence electrons. The monoisotopic (exact) mass is 371 g/mol. The molecule has 2 atom stereocenters. The van der Waals surface area contributed by atoms with Gasteiger partial charge in [-0.25, -0.2) is 4.79 Å². The molecule has 0 spiro atoms. The molecule has 0 saturated carbocycles. The number of esters is 3. The Hall–Kier alpha value is -2.03. The number of amides is 1. The second-order valence-electron chi connectivity index (χ2n) is 6.67. The maximum Gasteiger partial charge on any atom is 0.355 e. The zero-order valence-electron chi connectivity index (χ0n) is 14.8. The zero-order chi connectivity index (χ0) is 18.9. The predicted molar refractivity (Wildman–Crippen MR) is 88.2 cm³/mol. The first-order chi connectivity index (χ1) is 11.5. The van der Waals surface area contributed by atoms with Crippen molar-refractivity contribution in [2.24, 2.45) is 0 Å². The molecule has 2 heterocycles. The Balaban J connectivity index is 2.30. The number of nitrogens with zero attached hydrogens (tertiary/aromatic N) is 1. The molecule has 2 rings (SSSR count). The van der Waals surface area contributed by atoms with E-state index in [0.717, 1.165) is 0 Å². The quantitative estimate of drug-likeness (QED) is 0.410. The van der Waals surface area contributed by atoms with Gasteiger partial charge in [0.25, 0.3) is 5.91 Å². The molecule has 1 unspecified atom stereocenters. The van der Waals surface area contributed by atoms with Gasteiger partial charge in [-0.3, -0.25) is 19.3 Å². The minimum Gasteiger partial charge on any atom is -0.461 e. The van der Waals surface area contributed by atoms with Crippen LogP contribution in [0.3, 0.4) is 0 Å². The maximum absolute atomic E-state index is 12.6. The highest BCUT2D eigenvalue weighted by molar-refractivity contribution is 8.00. The van der Waals surface area contributed by atoms with E-state index in [1.807, 2.05) is 0 Å². The van der Waals surface area contributed by atoms with Crippen LogP contribution in [0.5, 0.6) is 0 Å². The number of ether oxygens (including phenoxy) is 3. The average Bonchev–Trinajstić information content (AvgIpc) is 2.47. The van der Waals surface area contributed by atoms with Crippen molar-refractivity contribution in [1.82, 2.24) is 4.90 Å². The van der Waals surface area contributed by atoms with Crippen molar-refractivity contribution in [2.75, 3.05) is 12.4 Å². The van der Waals surface area contributed by atoms with Crippen molar-refractivity contribution in [3.05, 3.63) is 11.3 Å². The number of hydrogen-bond donors (Lipinski definition) is 0. The molecule has 25 heavy (non-hydrogen) atoms. The topological polar surface area (TPSA) is 99.2 Å². The van der Waals surface area contributed by atoms with E-state index >= 15 is 0 Å². The number of hydrogen-bond acceptors (Lipinski definition) is 8. The molecule has 0 aliphatic carbocycles.